The maximum atomic E-state index is 9.55. The molecule has 0 atom stereocenters. The Kier molecular flexibility index (Phi) is 9.51. The highest BCUT2D eigenvalue weighted by atomic mass is 16.5. The van der Waals surface area contributed by atoms with Crippen molar-refractivity contribution in [3.8, 4) is 5.88 Å². The highest BCUT2D eigenvalue weighted by Gasteiger charge is 2.24. The lowest BCUT2D eigenvalue weighted by Gasteiger charge is -2.27. The van der Waals surface area contributed by atoms with Gasteiger partial charge in [0.2, 0.25) is 5.88 Å². The molecule has 0 unspecified atom stereocenters. The van der Waals surface area contributed by atoms with Gasteiger partial charge in [0, 0.05) is 35.9 Å². The van der Waals surface area contributed by atoms with Crippen molar-refractivity contribution in [2.24, 2.45) is 4.99 Å². The molecule has 0 amide bonds. The van der Waals surface area contributed by atoms with Crippen LogP contribution in [0.15, 0.2) is 84.0 Å². The zero-order chi connectivity index (χ0) is 26.8. The number of methoxy groups -OCH3 is 1. The molecule has 0 saturated heterocycles. The number of carboxylic acid groups (broad SMARTS) is 2. The molecule has 2 aromatic carbocycles. The number of carboxylic acids is 2. The lowest BCUT2D eigenvalue weighted by Crippen LogP contribution is -2.24. The third kappa shape index (κ3) is 7.49. The summed E-state index contributed by atoms with van der Waals surface area (Å²) in [5.41, 5.74) is 6.21. The smallest absolute Gasteiger partial charge is 0.328 e. The van der Waals surface area contributed by atoms with Gasteiger partial charge in [-0.25, -0.2) is 19.6 Å². The molecular formula is C28H30N4O5. The third-order valence-electron chi connectivity index (χ3n) is 5.42. The van der Waals surface area contributed by atoms with Crippen molar-refractivity contribution >= 4 is 34.7 Å². The van der Waals surface area contributed by atoms with E-state index in [0.29, 0.717) is 18.0 Å². The molecule has 0 radical (unpaired) electrons. The van der Waals surface area contributed by atoms with Crippen molar-refractivity contribution in [3.63, 3.8) is 0 Å². The molecule has 2 N–H and O–H groups in total. The highest BCUT2D eigenvalue weighted by Crippen LogP contribution is 2.41. The molecule has 0 bridgehead atoms. The number of carbonyl (C=O) groups is 2. The molecule has 1 aliphatic rings. The van der Waals surface area contributed by atoms with E-state index in [0.717, 1.165) is 53.4 Å². The Morgan fingerprint density at radius 3 is 2.24 bits per heavy atom. The number of anilines is 2. The first kappa shape index (κ1) is 27.1. The molecule has 0 spiro atoms. The minimum atomic E-state index is -1.26. The van der Waals surface area contributed by atoms with Gasteiger partial charge in [-0.05, 0) is 33.1 Å². The molecule has 4 rings (SSSR count). The van der Waals surface area contributed by atoms with Gasteiger partial charge in [-0.3, -0.25) is 0 Å². The van der Waals surface area contributed by atoms with Crippen LogP contribution in [-0.2, 0) is 9.59 Å². The van der Waals surface area contributed by atoms with Crippen LogP contribution in [0.25, 0.3) is 0 Å². The van der Waals surface area contributed by atoms with Crippen LogP contribution in [0.3, 0.4) is 0 Å². The van der Waals surface area contributed by atoms with Crippen molar-refractivity contribution < 1.29 is 24.5 Å². The SMILES string of the molecule is COc1cc2c(cn1)N(CCCN(C)C)c1ccccc1C(c1ccccc1)=N2.O=C(O)C=CC(=O)O. The Morgan fingerprint density at radius 2 is 1.62 bits per heavy atom. The van der Waals surface area contributed by atoms with E-state index in [2.05, 4.69) is 65.3 Å². The number of fused-ring (bicyclic) bond motifs is 2. The van der Waals surface area contributed by atoms with Crippen molar-refractivity contribution in [3.05, 3.63) is 90.1 Å². The average molecular weight is 503 g/mol. The van der Waals surface area contributed by atoms with Crippen LogP contribution >= 0.6 is 0 Å². The fraction of sp³-hybridized carbons (Fsp3) is 0.214. The van der Waals surface area contributed by atoms with E-state index in [1.807, 2.05) is 30.5 Å². The standard InChI is InChI=1S/C24H26N4O.C4H4O4/c1-27(2)14-9-15-28-21-13-8-7-12-19(21)24(18-10-5-4-6-11-18)26-20-16-23(29-3)25-17-22(20)28;5-3(6)1-2-4(7)8/h4-8,10-13,16-17H,9,14-15H2,1-3H3;1-2H,(H,5,6)(H,7,8). The summed E-state index contributed by atoms with van der Waals surface area (Å²) in [5, 5.41) is 15.6. The van der Waals surface area contributed by atoms with Crippen molar-refractivity contribution in [2.45, 2.75) is 6.42 Å². The van der Waals surface area contributed by atoms with E-state index in [4.69, 9.17) is 19.9 Å². The van der Waals surface area contributed by atoms with Crippen LogP contribution in [-0.4, -0.2) is 72.0 Å². The molecule has 3 aromatic rings. The van der Waals surface area contributed by atoms with E-state index in [1.54, 1.807) is 7.11 Å². The molecule has 0 aliphatic carbocycles. The summed E-state index contributed by atoms with van der Waals surface area (Å²) in [4.78, 5) is 33.2. The van der Waals surface area contributed by atoms with Gasteiger partial charge in [-0.1, -0.05) is 48.5 Å². The Hall–Kier alpha value is -4.50. The van der Waals surface area contributed by atoms with Crippen molar-refractivity contribution in [1.29, 1.82) is 0 Å². The molecule has 0 fully saturated rings. The summed E-state index contributed by atoms with van der Waals surface area (Å²) >= 11 is 0. The Balaban J connectivity index is 0.000000414. The molecule has 2 heterocycles. The van der Waals surface area contributed by atoms with E-state index in [9.17, 15) is 9.59 Å². The first-order chi connectivity index (χ1) is 17.8. The molecule has 1 aromatic heterocycles. The summed E-state index contributed by atoms with van der Waals surface area (Å²) < 4.78 is 5.38. The zero-order valence-corrected chi connectivity index (χ0v) is 21.0. The number of aromatic nitrogens is 1. The maximum absolute atomic E-state index is 9.55. The lowest BCUT2D eigenvalue weighted by atomic mass is 10.00. The van der Waals surface area contributed by atoms with Gasteiger partial charge in [-0.15, -0.1) is 0 Å². The van der Waals surface area contributed by atoms with Crippen LogP contribution in [0.2, 0.25) is 0 Å². The van der Waals surface area contributed by atoms with E-state index < -0.39 is 11.9 Å². The lowest BCUT2D eigenvalue weighted by molar-refractivity contribution is -0.134. The second-order valence-corrected chi connectivity index (χ2v) is 8.38. The van der Waals surface area contributed by atoms with Crippen molar-refractivity contribution in [1.82, 2.24) is 9.88 Å². The average Bonchev–Trinajstić information content (AvgIpc) is 3.02. The molecule has 37 heavy (non-hydrogen) atoms. The molecule has 192 valence electrons. The van der Waals surface area contributed by atoms with Crippen LogP contribution in [0.5, 0.6) is 5.88 Å². The molecule has 9 heteroatoms. The second kappa shape index (κ2) is 13.0. The third-order valence-corrected chi connectivity index (χ3v) is 5.42. The fourth-order valence-corrected chi connectivity index (χ4v) is 3.79. The first-order valence-corrected chi connectivity index (χ1v) is 11.6. The maximum Gasteiger partial charge on any atom is 0.328 e. The minimum Gasteiger partial charge on any atom is -0.481 e. The monoisotopic (exact) mass is 502 g/mol. The number of rotatable bonds is 8. The second-order valence-electron chi connectivity index (χ2n) is 8.38. The summed E-state index contributed by atoms with van der Waals surface area (Å²) in [6.45, 7) is 1.90. The molecular weight excluding hydrogens is 472 g/mol. The summed E-state index contributed by atoms with van der Waals surface area (Å²) in [5.74, 6) is -1.95. The predicted octanol–water partition coefficient (Wildman–Crippen LogP) is 4.37. The summed E-state index contributed by atoms with van der Waals surface area (Å²) in [7, 11) is 5.84. The number of nitrogens with zero attached hydrogens (tertiary/aromatic N) is 4. The van der Waals surface area contributed by atoms with Gasteiger partial charge in [0.25, 0.3) is 0 Å². The number of aliphatic imine (C=N–C) groups is 1. The Labute approximate surface area is 216 Å². The van der Waals surface area contributed by atoms with Gasteiger partial charge in [0.1, 0.15) is 0 Å². The summed E-state index contributed by atoms with van der Waals surface area (Å²) in [6, 6.07) is 20.7. The van der Waals surface area contributed by atoms with Gasteiger partial charge in [0.05, 0.1) is 36.1 Å². The molecule has 1 aliphatic heterocycles. The summed E-state index contributed by atoms with van der Waals surface area (Å²) in [6.07, 6.45) is 4.02. The number of para-hydroxylation sites is 1. The predicted molar refractivity (Wildman–Crippen MR) is 144 cm³/mol. The van der Waals surface area contributed by atoms with Crippen LogP contribution in [0.4, 0.5) is 17.1 Å². The van der Waals surface area contributed by atoms with Gasteiger partial charge >= 0.3 is 11.9 Å². The van der Waals surface area contributed by atoms with Crippen LogP contribution in [0.1, 0.15) is 17.5 Å². The number of ether oxygens (including phenoxy) is 1. The Morgan fingerprint density at radius 1 is 0.973 bits per heavy atom. The largest absolute Gasteiger partial charge is 0.481 e. The van der Waals surface area contributed by atoms with Crippen LogP contribution in [0, 0.1) is 0 Å². The number of pyridine rings is 1. The highest BCUT2D eigenvalue weighted by molar-refractivity contribution is 6.18. The number of hydrogen-bond donors (Lipinski definition) is 2. The number of hydrogen-bond acceptors (Lipinski definition) is 7. The van der Waals surface area contributed by atoms with Crippen LogP contribution < -0.4 is 9.64 Å². The van der Waals surface area contributed by atoms with Gasteiger partial charge in [0.15, 0.2) is 0 Å². The molecule has 0 saturated carbocycles. The first-order valence-electron chi connectivity index (χ1n) is 11.6. The van der Waals surface area contributed by atoms with Gasteiger partial charge in [-0.2, -0.15) is 0 Å². The number of benzene rings is 2. The van der Waals surface area contributed by atoms with E-state index in [1.165, 1.54) is 0 Å². The molecule has 9 nitrogen and oxygen atoms in total. The van der Waals surface area contributed by atoms with Crippen molar-refractivity contribution in [2.75, 3.05) is 39.2 Å². The normalized spacial score (nSPS) is 12.1. The van der Waals surface area contributed by atoms with E-state index >= 15 is 0 Å². The minimum absolute atomic E-state index is 0.558. The fourth-order valence-electron chi connectivity index (χ4n) is 3.79. The topological polar surface area (TPSA) is 116 Å². The Bertz CT molecular complexity index is 1270. The van der Waals surface area contributed by atoms with E-state index in [-0.39, 0.29) is 0 Å². The van der Waals surface area contributed by atoms with Gasteiger partial charge < -0.3 is 24.7 Å². The quantitative estimate of drug-likeness (QED) is 0.436. The number of aliphatic carboxylic acids is 2. The zero-order valence-electron chi connectivity index (χ0n) is 21.0.